The number of unbranched alkanes of at least 4 members (excludes halogenated alkanes) is 21. The predicted octanol–water partition coefficient (Wildman–Crippen LogP) is 16.0. The zero-order valence-electron chi connectivity index (χ0n) is 47.2. The fourth-order valence-corrected chi connectivity index (χ4v) is 10.1. The van der Waals surface area contributed by atoms with Crippen LogP contribution in [0.1, 0.15) is 227 Å². The van der Waals surface area contributed by atoms with Crippen molar-refractivity contribution in [1.82, 2.24) is 5.32 Å². The fraction of sp³-hybridized carbons (Fsp3) is 0.790. The van der Waals surface area contributed by atoms with E-state index in [1.807, 2.05) is 26.0 Å². The van der Waals surface area contributed by atoms with E-state index in [9.17, 15) is 13.6 Å². The number of hydrogen-bond donors (Lipinski definition) is 1. The number of amides is 1. The molecule has 2 aliphatic rings. The van der Waals surface area contributed by atoms with Crippen LogP contribution < -0.4 is 10.1 Å². The Balaban J connectivity index is 1.31. The molecule has 0 aliphatic carbocycles. The van der Waals surface area contributed by atoms with Crippen molar-refractivity contribution in [3.05, 3.63) is 59.9 Å². The highest BCUT2D eigenvalue weighted by Gasteiger charge is 2.50. The average molecular weight is 1040 g/mol. The summed E-state index contributed by atoms with van der Waals surface area (Å²) in [6.45, 7) is 13.3. The van der Waals surface area contributed by atoms with Crippen molar-refractivity contribution >= 4 is 5.91 Å². The third-order valence-corrected chi connectivity index (χ3v) is 14.5. The quantitative estimate of drug-likeness (QED) is 0.0650. The Kier molecular flexibility index (Phi) is 33.4. The molecule has 2 fully saturated rings. The molecule has 8 atom stereocenters. The van der Waals surface area contributed by atoms with Crippen LogP contribution in [0.2, 0.25) is 0 Å². The maximum atomic E-state index is 15.0. The van der Waals surface area contributed by atoms with E-state index in [2.05, 4.69) is 45.1 Å². The van der Waals surface area contributed by atoms with Gasteiger partial charge >= 0.3 is 0 Å². The molecule has 2 heterocycles. The molecule has 2 aliphatic heterocycles. The van der Waals surface area contributed by atoms with E-state index in [-0.39, 0.29) is 24.4 Å². The Morgan fingerprint density at radius 3 is 1.61 bits per heavy atom. The van der Waals surface area contributed by atoms with Crippen molar-refractivity contribution in [2.45, 2.75) is 282 Å². The molecule has 2 aromatic rings. The number of nitrogens with one attached hydrogen (secondary N) is 1. The number of hydrogen-bond acceptors (Lipinski definition) is 9. The lowest BCUT2D eigenvalue weighted by atomic mass is 9.97. The van der Waals surface area contributed by atoms with Gasteiger partial charge in [-0.15, -0.1) is 0 Å². The molecule has 4 rings (SSSR count). The number of benzene rings is 2. The molecule has 10 nitrogen and oxygen atoms in total. The van der Waals surface area contributed by atoms with E-state index in [1.54, 1.807) is 12.1 Å². The first-order chi connectivity index (χ1) is 36.1. The van der Waals surface area contributed by atoms with E-state index in [0.29, 0.717) is 32.0 Å². The summed E-state index contributed by atoms with van der Waals surface area (Å²) in [5, 5.41) is 3.34. The van der Waals surface area contributed by atoms with Crippen LogP contribution in [0, 0.1) is 5.82 Å². The highest BCUT2D eigenvalue weighted by Crippen LogP contribution is 2.35. The second-order valence-electron chi connectivity index (χ2n) is 21.6. The molecule has 1 N–H and O–H groups in total. The predicted molar refractivity (Wildman–Crippen MR) is 294 cm³/mol. The van der Waals surface area contributed by atoms with Crippen LogP contribution in [-0.2, 0) is 44.4 Å². The van der Waals surface area contributed by atoms with Crippen molar-refractivity contribution in [1.29, 1.82) is 0 Å². The molecule has 74 heavy (non-hydrogen) atoms. The van der Waals surface area contributed by atoms with Crippen molar-refractivity contribution in [2.75, 3.05) is 33.1 Å². The first-order valence-corrected chi connectivity index (χ1v) is 30.0. The highest BCUT2D eigenvalue weighted by atomic mass is 19.1. The Hall–Kier alpha value is -2.71. The zero-order chi connectivity index (χ0) is 53.1. The number of aryl methyl sites for hydroxylation is 1. The van der Waals surface area contributed by atoms with Crippen LogP contribution in [0.5, 0.6) is 11.5 Å². The van der Waals surface area contributed by atoms with Crippen molar-refractivity contribution in [3.63, 3.8) is 0 Å². The SMILES string of the molecule is CCCCCCCCCCCCCC[C@H]1OC(C)(C)O[C@H]1[C@H](CO[C@H]1OC(CF)[C@@H](OCCCC)C(OCCCC)C1OCCCC)NC(=O)CCCCCCCCCCc1ccc(Oc2ccc(F)cc2)cc1. The average Bonchev–Trinajstić information content (AvgIpc) is 3.71. The van der Waals surface area contributed by atoms with Crippen molar-refractivity contribution < 1.29 is 51.5 Å². The van der Waals surface area contributed by atoms with Gasteiger partial charge in [0.25, 0.3) is 0 Å². The minimum atomic E-state index is -0.948. The van der Waals surface area contributed by atoms with E-state index in [0.717, 1.165) is 102 Å². The minimum absolute atomic E-state index is 0.0434. The number of carbonyl (C=O) groups is 1. The van der Waals surface area contributed by atoms with Gasteiger partial charge in [0.1, 0.15) is 54.5 Å². The van der Waals surface area contributed by atoms with Gasteiger partial charge in [-0.25, -0.2) is 8.78 Å². The summed E-state index contributed by atoms with van der Waals surface area (Å²) in [6.07, 6.45) is 27.2. The third-order valence-electron chi connectivity index (χ3n) is 14.5. The zero-order valence-corrected chi connectivity index (χ0v) is 47.2. The summed E-state index contributed by atoms with van der Waals surface area (Å²) in [7, 11) is 0. The van der Waals surface area contributed by atoms with Crippen molar-refractivity contribution in [2.24, 2.45) is 0 Å². The molecule has 2 saturated heterocycles. The van der Waals surface area contributed by atoms with Crippen LogP contribution in [-0.4, -0.2) is 93.8 Å². The third kappa shape index (κ3) is 25.6. The molecule has 2 aromatic carbocycles. The molecule has 0 aromatic heterocycles. The van der Waals surface area contributed by atoms with Crippen LogP contribution in [0.3, 0.4) is 0 Å². The highest BCUT2D eigenvalue weighted by molar-refractivity contribution is 5.76. The molecule has 0 bridgehead atoms. The lowest BCUT2D eigenvalue weighted by Crippen LogP contribution is -2.62. The number of halogens is 2. The standard InChI is InChI=1S/C62H103F2NO9/c1-7-11-15-16-17-18-19-20-21-25-28-31-34-54-57(74-62(5,6)73-54)53(48-70-61-60(69-46-14-10-4)59(68-45-13-9-3)58(55(47-63)72-61)67-44-12-8-2)65-56(66)35-32-29-26-23-22-24-27-30-33-49-36-40-51(41-37-49)71-52-42-38-50(64)39-43-52/h36-43,53-55,57-61H,7-35,44-48H2,1-6H3,(H,65,66)/t53-,54+,55?,57-,58+,59?,60?,61-/m0/s1. The van der Waals surface area contributed by atoms with E-state index < -0.39 is 55.3 Å². The van der Waals surface area contributed by atoms with E-state index >= 15 is 0 Å². The Morgan fingerprint density at radius 2 is 1.05 bits per heavy atom. The number of rotatable bonds is 44. The van der Waals surface area contributed by atoms with Gasteiger partial charge in [-0.1, -0.05) is 175 Å². The normalized spacial score (nSPS) is 22.0. The molecule has 0 radical (unpaired) electrons. The van der Waals surface area contributed by atoms with Crippen LogP contribution in [0.4, 0.5) is 8.78 Å². The molecule has 0 spiro atoms. The van der Waals surface area contributed by atoms with E-state index in [4.69, 9.17) is 37.9 Å². The van der Waals surface area contributed by atoms with Gasteiger partial charge in [0.15, 0.2) is 12.1 Å². The van der Waals surface area contributed by atoms with Gasteiger partial charge in [-0.2, -0.15) is 0 Å². The van der Waals surface area contributed by atoms with Gasteiger partial charge in [-0.05, 0) is 101 Å². The number of carbonyl (C=O) groups excluding carboxylic acids is 1. The molecule has 0 saturated carbocycles. The van der Waals surface area contributed by atoms with Crippen LogP contribution >= 0.6 is 0 Å². The molecular formula is C62H103F2NO9. The fourth-order valence-electron chi connectivity index (χ4n) is 10.1. The topological polar surface area (TPSA) is 103 Å². The maximum Gasteiger partial charge on any atom is 0.220 e. The summed E-state index contributed by atoms with van der Waals surface area (Å²) >= 11 is 0. The Morgan fingerprint density at radius 1 is 0.568 bits per heavy atom. The number of ether oxygens (including phenoxy) is 8. The Labute approximate surface area is 448 Å². The van der Waals surface area contributed by atoms with Gasteiger partial charge in [-0.3, -0.25) is 4.79 Å². The van der Waals surface area contributed by atoms with E-state index in [1.165, 1.54) is 101 Å². The van der Waals surface area contributed by atoms with Gasteiger partial charge < -0.3 is 43.2 Å². The largest absolute Gasteiger partial charge is 0.457 e. The summed E-state index contributed by atoms with van der Waals surface area (Å²) in [6, 6.07) is 13.7. The van der Waals surface area contributed by atoms with Crippen LogP contribution in [0.25, 0.3) is 0 Å². The second-order valence-corrected chi connectivity index (χ2v) is 21.6. The second kappa shape index (κ2) is 38.8. The first kappa shape index (κ1) is 63.8. The number of alkyl halides is 1. The smallest absolute Gasteiger partial charge is 0.220 e. The maximum absolute atomic E-state index is 15.0. The molecule has 3 unspecified atom stereocenters. The Bertz CT molecular complexity index is 1680. The lowest BCUT2D eigenvalue weighted by Gasteiger charge is -2.45. The summed E-state index contributed by atoms with van der Waals surface area (Å²) in [5.74, 6) is 0.202. The molecule has 424 valence electrons. The molecule has 1 amide bonds. The summed E-state index contributed by atoms with van der Waals surface area (Å²) in [5.41, 5.74) is 1.28. The minimum Gasteiger partial charge on any atom is -0.457 e. The monoisotopic (exact) mass is 1040 g/mol. The van der Waals surface area contributed by atoms with Gasteiger partial charge in [0.05, 0.1) is 18.8 Å². The van der Waals surface area contributed by atoms with Gasteiger partial charge in [0, 0.05) is 26.2 Å². The summed E-state index contributed by atoms with van der Waals surface area (Å²) < 4.78 is 79.9. The lowest BCUT2D eigenvalue weighted by molar-refractivity contribution is -0.321. The molecular weight excluding hydrogens is 941 g/mol. The first-order valence-electron chi connectivity index (χ1n) is 30.0. The van der Waals surface area contributed by atoms with Gasteiger partial charge in [0.2, 0.25) is 5.91 Å². The molecule has 12 heteroatoms. The van der Waals surface area contributed by atoms with Crippen molar-refractivity contribution in [3.8, 4) is 11.5 Å². The van der Waals surface area contributed by atoms with Crippen LogP contribution in [0.15, 0.2) is 48.5 Å². The summed E-state index contributed by atoms with van der Waals surface area (Å²) in [4.78, 5) is 13.9.